The van der Waals surface area contributed by atoms with Crippen molar-refractivity contribution >= 4 is 33.5 Å². The zero-order chi connectivity index (χ0) is 20.2. The number of amides is 1. The molecule has 1 aliphatic heterocycles. The maximum Gasteiger partial charge on any atom is 0.328 e. The van der Waals surface area contributed by atoms with E-state index in [2.05, 4.69) is 5.32 Å². The number of esters is 1. The van der Waals surface area contributed by atoms with E-state index in [4.69, 9.17) is 16.3 Å². The SMILES string of the molecule is COC(=O)[C@@H](NC(=O)c1cc(S(=O)(=O)N2CCCCC2)ccc1Cl)C(C)C. The van der Waals surface area contributed by atoms with Gasteiger partial charge in [-0.25, -0.2) is 13.2 Å². The number of rotatable bonds is 6. The number of carbonyl (C=O) groups excluding carboxylic acids is 2. The maximum absolute atomic E-state index is 12.8. The first kappa shape index (κ1) is 21.7. The van der Waals surface area contributed by atoms with Crippen molar-refractivity contribution in [3.8, 4) is 0 Å². The quantitative estimate of drug-likeness (QED) is 0.719. The summed E-state index contributed by atoms with van der Waals surface area (Å²) >= 11 is 6.12. The third-order valence-electron chi connectivity index (χ3n) is 4.54. The fraction of sp³-hybridized carbons (Fsp3) is 0.556. The van der Waals surface area contributed by atoms with Gasteiger partial charge in [0, 0.05) is 13.1 Å². The van der Waals surface area contributed by atoms with Gasteiger partial charge in [0.05, 0.1) is 22.6 Å². The Hall–Kier alpha value is -1.64. The summed E-state index contributed by atoms with van der Waals surface area (Å²) in [5.41, 5.74) is 0.00399. The number of sulfonamides is 1. The topological polar surface area (TPSA) is 92.8 Å². The lowest BCUT2D eigenvalue weighted by molar-refractivity contribution is -0.144. The highest BCUT2D eigenvalue weighted by atomic mass is 35.5. The second kappa shape index (κ2) is 9.03. The molecule has 1 fully saturated rings. The third kappa shape index (κ3) is 5.00. The van der Waals surface area contributed by atoms with E-state index in [1.54, 1.807) is 13.8 Å². The number of hydrogen-bond donors (Lipinski definition) is 1. The lowest BCUT2D eigenvalue weighted by Crippen LogP contribution is -2.45. The highest BCUT2D eigenvalue weighted by Crippen LogP contribution is 2.25. The van der Waals surface area contributed by atoms with Gasteiger partial charge in [-0.3, -0.25) is 4.79 Å². The summed E-state index contributed by atoms with van der Waals surface area (Å²) in [4.78, 5) is 24.5. The lowest BCUT2D eigenvalue weighted by atomic mass is 10.0. The Morgan fingerprint density at radius 1 is 1.19 bits per heavy atom. The van der Waals surface area contributed by atoms with Crippen LogP contribution in [0.1, 0.15) is 43.5 Å². The second-order valence-electron chi connectivity index (χ2n) is 6.82. The summed E-state index contributed by atoms with van der Waals surface area (Å²) in [5, 5.41) is 2.68. The molecule has 1 atom stereocenters. The monoisotopic (exact) mass is 416 g/mol. The maximum atomic E-state index is 12.8. The van der Waals surface area contributed by atoms with E-state index in [1.807, 2.05) is 0 Å². The normalized spacial score (nSPS) is 16.8. The molecule has 0 aliphatic carbocycles. The molecule has 0 unspecified atom stereocenters. The summed E-state index contributed by atoms with van der Waals surface area (Å²) in [6, 6.07) is 3.18. The molecular weight excluding hydrogens is 392 g/mol. The number of halogens is 1. The van der Waals surface area contributed by atoms with E-state index in [9.17, 15) is 18.0 Å². The highest BCUT2D eigenvalue weighted by Gasteiger charge is 2.29. The molecule has 1 aromatic carbocycles. The molecule has 2 rings (SSSR count). The molecule has 1 N–H and O–H groups in total. The minimum Gasteiger partial charge on any atom is -0.467 e. The summed E-state index contributed by atoms with van der Waals surface area (Å²) in [6.45, 7) is 4.45. The largest absolute Gasteiger partial charge is 0.467 e. The first-order valence-electron chi connectivity index (χ1n) is 8.87. The standard InChI is InChI=1S/C18H25ClN2O5S/c1-12(2)16(18(23)26-3)20-17(22)14-11-13(7-8-15(14)19)27(24,25)21-9-5-4-6-10-21/h7-8,11-12,16H,4-6,9-10H2,1-3H3,(H,20,22)/t16-/m0/s1. The third-order valence-corrected chi connectivity index (χ3v) is 6.77. The lowest BCUT2D eigenvalue weighted by Gasteiger charge is -2.26. The minimum absolute atomic E-state index is 0.00399. The second-order valence-corrected chi connectivity index (χ2v) is 9.17. The van der Waals surface area contributed by atoms with Crippen LogP contribution in [-0.4, -0.2) is 50.8 Å². The number of ether oxygens (including phenoxy) is 1. The first-order valence-corrected chi connectivity index (χ1v) is 10.7. The predicted molar refractivity (Wildman–Crippen MR) is 102 cm³/mol. The van der Waals surface area contributed by atoms with E-state index in [0.717, 1.165) is 19.3 Å². The van der Waals surface area contributed by atoms with Gasteiger partial charge in [-0.05, 0) is 37.0 Å². The Labute approximate surface area is 165 Å². The fourth-order valence-electron chi connectivity index (χ4n) is 2.94. The molecule has 0 radical (unpaired) electrons. The van der Waals surface area contributed by atoms with E-state index in [-0.39, 0.29) is 21.4 Å². The molecule has 1 saturated heterocycles. The summed E-state index contributed by atoms with van der Waals surface area (Å²) in [7, 11) is -2.46. The van der Waals surface area contributed by atoms with Crippen molar-refractivity contribution in [2.24, 2.45) is 5.92 Å². The molecule has 0 saturated carbocycles. The van der Waals surface area contributed by atoms with Crippen LogP contribution in [-0.2, 0) is 19.6 Å². The molecule has 150 valence electrons. The molecule has 1 aromatic rings. The van der Waals surface area contributed by atoms with Crippen LogP contribution in [0.4, 0.5) is 0 Å². The van der Waals surface area contributed by atoms with Crippen LogP contribution in [0.25, 0.3) is 0 Å². The van der Waals surface area contributed by atoms with Gasteiger partial charge >= 0.3 is 5.97 Å². The van der Waals surface area contributed by atoms with Crippen LogP contribution in [0.3, 0.4) is 0 Å². The van der Waals surface area contributed by atoms with E-state index < -0.39 is 27.9 Å². The number of piperidine rings is 1. The molecule has 1 heterocycles. The van der Waals surface area contributed by atoms with Gasteiger partial charge in [0.1, 0.15) is 6.04 Å². The van der Waals surface area contributed by atoms with Crippen molar-refractivity contribution in [1.29, 1.82) is 0 Å². The Morgan fingerprint density at radius 3 is 2.37 bits per heavy atom. The molecule has 9 heteroatoms. The van der Waals surface area contributed by atoms with Crippen LogP contribution in [0.5, 0.6) is 0 Å². The van der Waals surface area contributed by atoms with E-state index in [1.165, 1.54) is 29.6 Å². The fourth-order valence-corrected chi connectivity index (χ4v) is 4.68. The van der Waals surface area contributed by atoms with E-state index in [0.29, 0.717) is 13.1 Å². The Balaban J connectivity index is 2.31. The molecule has 7 nitrogen and oxygen atoms in total. The van der Waals surface area contributed by atoms with Crippen molar-refractivity contribution < 1.29 is 22.7 Å². The van der Waals surface area contributed by atoms with E-state index >= 15 is 0 Å². The Kier molecular flexibility index (Phi) is 7.25. The molecule has 27 heavy (non-hydrogen) atoms. The van der Waals surface area contributed by atoms with Crippen molar-refractivity contribution in [2.75, 3.05) is 20.2 Å². The number of hydrogen-bond acceptors (Lipinski definition) is 5. The smallest absolute Gasteiger partial charge is 0.328 e. The van der Waals surface area contributed by atoms with Gasteiger partial charge in [-0.1, -0.05) is 31.9 Å². The van der Waals surface area contributed by atoms with Gasteiger partial charge in [-0.15, -0.1) is 0 Å². The van der Waals surface area contributed by atoms with Crippen molar-refractivity contribution in [3.63, 3.8) is 0 Å². The Morgan fingerprint density at radius 2 is 1.81 bits per heavy atom. The van der Waals surface area contributed by atoms with Crippen LogP contribution in [0.15, 0.2) is 23.1 Å². The van der Waals surface area contributed by atoms with Crippen LogP contribution in [0.2, 0.25) is 5.02 Å². The molecular formula is C18H25ClN2O5S. The van der Waals surface area contributed by atoms with Gasteiger partial charge < -0.3 is 10.1 Å². The van der Waals surface area contributed by atoms with Crippen molar-refractivity contribution in [2.45, 2.75) is 44.0 Å². The zero-order valence-electron chi connectivity index (χ0n) is 15.7. The molecule has 0 aromatic heterocycles. The summed E-state index contributed by atoms with van der Waals surface area (Å²) < 4.78 is 31.8. The number of benzene rings is 1. The Bertz CT molecular complexity index is 804. The number of carbonyl (C=O) groups is 2. The average Bonchev–Trinajstić information content (AvgIpc) is 2.65. The number of nitrogens with zero attached hydrogens (tertiary/aromatic N) is 1. The van der Waals surface area contributed by atoms with Crippen molar-refractivity contribution in [1.82, 2.24) is 9.62 Å². The van der Waals surface area contributed by atoms with Gasteiger partial charge in [0.15, 0.2) is 0 Å². The minimum atomic E-state index is -3.70. The average molecular weight is 417 g/mol. The van der Waals surface area contributed by atoms with Gasteiger partial charge in [0.2, 0.25) is 10.0 Å². The number of methoxy groups -OCH3 is 1. The zero-order valence-corrected chi connectivity index (χ0v) is 17.3. The molecule has 1 amide bonds. The summed E-state index contributed by atoms with van der Waals surface area (Å²) in [5.74, 6) is -1.41. The van der Waals surface area contributed by atoms with Crippen LogP contribution in [0, 0.1) is 5.92 Å². The van der Waals surface area contributed by atoms with Crippen LogP contribution >= 0.6 is 11.6 Å². The molecule has 0 spiro atoms. The summed E-state index contributed by atoms with van der Waals surface area (Å²) in [6.07, 6.45) is 2.63. The highest BCUT2D eigenvalue weighted by molar-refractivity contribution is 7.89. The van der Waals surface area contributed by atoms with Crippen LogP contribution < -0.4 is 5.32 Å². The van der Waals surface area contributed by atoms with Gasteiger partial charge in [0.25, 0.3) is 5.91 Å². The molecule has 0 bridgehead atoms. The number of nitrogens with one attached hydrogen (secondary N) is 1. The predicted octanol–water partition coefficient (Wildman–Crippen LogP) is 2.44. The van der Waals surface area contributed by atoms with Gasteiger partial charge in [-0.2, -0.15) is 4.31 Å². The first-order chi connectivity index (χ1) is 12.7. The van der Waals surface area contributed by atoms with Crippen molar-refractivity contribution in [3.05, 3.63) is 28.8 Å². The molecule has 1 aliphatic rings.